The molecule has 1 aliphatic carbocycles. The van der Waals surface area contributed by atoms with Crippen LogP contribution in [0.1, 0.15) is 38.2 Å². The van der Waals surface area contributed by atoms with E-state index in [1.165, 1.54) is 5.56 Å². The molecule has 2 fully saturated rings. The van der Waals surface area contributed by atoms with Crippen LogP contribution < -0.4 is 5.32 Å². The summed E-state index contributed by atoms with van der Waals surface area (Å²) in [5.74, 6) is -0.0550. The van der Waals surface area contributed by atoms with Gasteiger partial charge in [-0.1, -0.05) is 30.3 Å². The number of carbonyl (C=O) groups excluding carboxylic acids is 1. The highest BCUT2D eigenvalue weighted by Crippen LogP contribution is 2.56. The van der Waals surface area contributed by atoms with E-state index >= 15 is 0 Å². The number of halogens is 1. The molecule has 21 heavy (non-hydrogen) atoms. The lowest BCUT2D eigenvalue weighted by molar-refractivity contribution is -0.150. The van der Waals surface area contributed by atoms with Crippen molar-refractivity contribution in [3.8, 4) is 0 Å². The zero-order chi connectivity index (χ0) is 14.0. The predicted octanol–water partition coefficient (Wildman–Crippen LogP) is 3.07. The second-order valence-corrected chi connectivity index (χ2v) is 5.95. The van der Waals surface area contributed by atoms with Gasteiger partial charge in [0.1, 0.15) is 0 Å². The Morgan fingerprint density at radius 1 is 1.38 bits per heavy atom. The molecule has 1 saturated carbocycles. The summed E-state index contributed by atoms with van der Waals surface area (Å²) in [5, 5.41) is 3.51. The van der Waals surface area contributed by atoms with E-state index in [9.17, 15) is 4.79 Å². The fourth-order valence-corrected chi connectivity index (χ4v) is 3.69. The SMILES string of the molecule is CCOC(=O)C(C1CCCN1)C1(c2ccccc2)CC1.Cl. The monoisotopic (exact) mass is 309 g/mol. The molecule has 3 nitrogen and oxygen atoms in total. The Bertz CT molecular complexity index is 467. The molecule has 2 aliphatic rings. The summed E-state index contributed by atoms with van der Waals surface area (Å²) in [5.41, 5.74) is 1.31. The van der Waals surface area contributed by atoms with Crippen LogP contribution in [-0.4, -0.2) is 25.2 Å². The smallest absolute Gasteiger partial charge is 0.311 e. The molecule has 0 radical (unpaired) electrons. The molecule has 116 valence electrons. The van der Waals surface area contributed by atoms with E-state index in [-0.39, 0.29) is 35.8 Å². The molecule has 1 heterocycles. The molecule has 1 saturated heterocycles. The summed E-state index contributed by atoms with van der Waals surface area (Å²) in [6.45, 7) is 3.37. The lowest BCUT2D eigenvalue weighted by Crippen LogP contribution is -2.44. The van der Waals surface area contributed by atoms with Gasteiger partial charge in [0.15, 0.2) is 0 Å². The molecule has 4 heteroatoms. The van der Waals surface area contributed by atoms with Gasteiger partial charge < -0.3 is 10.1 Å². The Morgan fingerprint density at radius 2 is 2.10 bits per heavy atom. The maximum Gasteiger partial charge on any atom is 0.311 e. The molecule has 1 aromatic carbocycles. The summed E-state index contributed by atoms with van der Waals surface area (Å²) in [6, 6.07) is 10.8. The highest BCUT2D eigenvalue weighted by atomic mass is 35.5. The van der Waals surface area contributed by atoms with E-state index in [0.29, 0.717) is 6.61 Å². The van der Waals surface area contributed by atoms with E-state index in [1.54, 1.807) is 0 Å². The molecular formula is C17H24ClNO2. The minimum Gasteiger partial charge on any atom is -0.466 e. The molecule has 1 aromatic rings. The van der Waals surface area contributed by atoms with Crippen LogP contribution in [0.4, 0.5) is 0 Å². The van der Waals surface area contributed by atoms with Crippen LogP contribution in [0.25, 0.3) is 0 Å². The third-order valence-electron chi connectivity index (χ3n) is 4.77. The van der Waals surface area contributed by atoms with Crippen molar-refractivity contribution < 1.29 is 9.53 Å². The maximum atomic E-state index is 12.5. The Hall–Kier alpha value is -1.06. The van der Waals surface area contributed by atoms with Crippen molar-refractivity contribution in [2.75, 3.05) is 13.2 Å². The van der Waals surface area contributed by atoms with Crippen LogP contribution in [0.5, 0.6) is 0 Å². The molecule has 3 rings (SSSR count). The molecular weight excluding hydrogens is 286 g/mol. The summed E-state index contributed by atoms with van der Waals surface area (Å²) in [6.07, 6.45) is 4.43. The maximum absolute atomic E-state index is 12.5. The average molecular weight is 310 g/mol. The quantitative estimate of drug-likeness (QED) is 0.850. The summed E-state index contributed by atoms with van der Waals surface area (Å²) >= 11 is 0. The Kier molecular flexibility index (Phi) is 5.28. The minimum absolute atomic E-state index is 0. The molecule has 0 spiro atoms. The topological polar surface area (TPSA) is 38.3 Å². The van der Waals surface area contributed by atoms with Crippen molar-refractivity contribution >= 4 is 18.4 Å². The number of hydrogen-bond acceptors (Lipinski definition) is 3. The Morgan fingerprint density at radius 3 is 2.62 bits per heavy atom. The first-order valence-electron chi connectivity index (χ1n) is 7.73. The lowest BCUT2D eigenvalue weighted by atomic mass is 9.77. The van der Waals surface area contributed by atoms with Crippen LogP contribution in [-0.2, 0) is 14.9 Å². The Labute approximate surface area is 132 Å². The molecule has 2 atom stereocenters. The molecule has 0 amide bonds. The van der Waals surface area contributed by atoms with Crippen LogP contribution in [0.3, 0.4) is 0 Å². The average Bonchev–Trinajstić information content (AvgIpc) is 3.08. The molecule has 2 unspecified atom stereocenters. The van der Waals surface area contributed by atoms with E-state index in [0.717, 1.165) is 32.2 Å². The number of esters is 1. The fourth-order valence-electron chi connectivity index (χ4n) is 3.69. The van der Waals surface area contributed by atoms with E-state index in [1.807, 2.05) is 13.0 Å². The Balaban J connectivity index is 0.00000161. The van der Waals surface area contributed by atoms with Crippen molar-refractivity contribution in [3.05, 3.63) is 35.9 Å². The van der Waals surface area contributed by atoms with Crippen molar-refractivity contribution in [3.63, 3.8) is 0 Å². The van der Waals surface area contributed by atoms with Gasteiger partial charge in [-0.25, -0.2) is 0 Å². The summed E-state index contributed by atoms with van der Waals surface area (Å²) < 4.78 is 5.39. The zero-order valence-electron chi connectivity index (χ0n) is 12.5. The normalized spacial score (nSPS) is 24.0. The van der Waals surface area contributed by atoms with Crippen LogP contribution >= 0.6 is 12.4 Å². The van der Waals surface area contributed by atoms with Crippen molar-refractivity contribution in [1.29, 1.82) is 0 Å². The zero-order valence-corrected chi connectivity index (χ0v) is 13.3. The van der Waals surface area contributed by atoms with Gasteiger partial charge in [0.25, 0.3) is 0 Å². The second-order valence-electron chi connectivity index (χ2n) is 5.95. The van der Waals surface area contributed by atoms with Gasteiger partial charge in [-0.2, -0.15) is 0 Å². The van der Waals surface area contributed by atoms with Crippen molar-refractivity contribution in [2.45, 2.75) is 44.1 Å². The second kappa shape index (κ2) is 6.80. The third-order valence-corrected chi connectivity index (χ3v) is 4.77. The highest BCUT2D eigenvalue weighted by molar-refractivity contribution is 5.85. The minimum atomic E-state index is -0.0349. The number of nitrogens with one attached hydrogen (secondary N) is 1. The third kappa shape index (κ3) is 3.09. The number of rotatable bonds is 5. The van der Waals surface area contributed by atoms with Crippen LogP contribution in [0.2, 0.25) is 0 Å². The summed E-state index contributed by atoms with van der Waals surface area (Å²) in [4.78, 5) is 12.5. The largest absolute Gasteiger partial charge is 0.466 e. The summed E-state index contributed by atoms with van der Waals surface area (Å²) in [7, 11) is 0. The van der Waals surface area contributed by atoms with Crippen molar-refractivity contribution in [1.82, 2.24) is 5.32 Å². The van der Waals surface area contributed by atoms with Gasteiger partial charge in [-0.15, -0.1) is 12.4 Å². The molecule has 1 aliphatic heterocycles. The van der Waals surface area contributed by atoms with Crippen molar-refractivity contribution in [2.24, 2.45) is 5.92 Å². The van der Waals surface area contributed by atoms with E-state index in [2.05, 4.69) is 29.6 Å². The molecule has 0 aromatic heterocycles. The lowest BCUT2D eigenvalue weighted by Gasteiger charge is -2.30. The van der Waals surface area contributed by atoms with Gasteiger partial charge in [0.05, 0.1) is 12.5 Å². The number of benzene rings is 1. The van der Waals surface area contributed by atoms with E-state index < -0.39 is 0 Å². The number of ether oxygens (including phenoxy) is 1. The number of carbonyl (C=O) groups is 1. The van der Waals surface area contributed by atoms with E-state index in [4.69, 9.17) is 4.74 Å². The highest BCUT2D eigenvalue weighted by Gasteiger charge is 2.57. The first-order valence-corrected chi connectivity index (χ1v) is 7.73. The first kappa shape index (κ1) is 16.3. The standard InChI is InChI=1S/C17H23NO2.ClH/c1-2-20-16(19)15(14-9-6-12-18-14)17(10-11-17)13-7-4-3-5-8-13;/h3-5,7-8,14-15,18H,2,6,9-12H2,1H3;1H. The predicted molar refractivity (Wildman–Crippen MR) is 85.7 cm³/mol. The van der Waals surface area contributed by atoms with Crippen LogP contribution in [0, 0.1) is 5.92 Å². The molecule has 0 bridgehead atoms. The van der Waals surface area contributed by atoms with Gasteiger partial charge in [-0.05, 0) is 44.7 Å². The fraction of sp³-hybridized carbons (Fsp3) is 0.588. The van der Waals surface area contributed by atoms with Gasteiger partial charge >= 0.3 is 5.97 Å². The van der Waals surface area contributed by atoms with Gasteiger partial charge in [0, 0.05) is 11.5 Å². The van der Waals surface area contributed by atoms with Gasteiger partial charge in [0.2, 0.25) is 0 Å². The molecule has 1 N–H and O–H groups in total. The van der Waals surface area contributed by atoms with Crippen LogP contribution in [0.15, 0.2) is 30.3 Å². The number of hydrogen-bond donors (Lipinski definition) is 1. The van der Waals surface area contributed by atoms with Gasteiger partial charge in [-0.3, -0.25) is 4.79 Å². The first-order chi connectivity index (χ1) is 9.78.